The molecule has 1 N–H and O–H groups in total. The standard InChI is InChI=1S/C11H13NO2S/c13-11-12-8(6-14-11)10-5-7-3-1-2-4-9(7)15-10/h5,8H,1-4,6H2,(H,12,13). The van der Waals surface area contributed by atoms with Crippen molar-refractivity contribution in [3.05, 3.63) is 21.4 Å². The number of cyclic esters (lactones) is 1. The number of carbonyl (C=O) groups excluding carboxylic acids is 1. The average molecular weight is 223 g/mol. The molecule has 2 heterocycles. The molecule has 80 valence electrons. The van der Waals surface area contributed by atoms with Crippen LogP contribution in [-0.4, -0.2) is 12.7 Å². The highest BCUT2D eigenvalue weighted by molar-refractivity contribution is 7.12. The fraction of sp³-hybridized carbons (Fsp3) is 0.545. The zero-order chi connectivity index (χ0) is 10.3. The number of ether oxygens (including phenoxy) is 1. The SMILES string of the molecule is O=C1NC(c2cc3c(s2)CCCC3)CO1. The molecule has 0 radical (unpaired) electrons. The molecule has 1 aromatic heterocycles. The minimum Gasteiger partial charge on any atom is -0.447 e. The summed E-state index contributed by atoms with van der Waals surface area (Å²) in [7, 11) is 0. The van der Waals surface area contributed by atoms with Crippen LogP contribution in [0.25, 0.3) is 0 Å². The zero-order valence-corrected chi connectivity index (χ0v) is 9.23. The second-order valence-electron chi connectivity index (χ2n) is 4.10. The van der Waals surface area contributed by atoms with Gasteiger partial charge in [-0.25, -0.2) is 4.79 Å². The van der Waals surface area contributed by atoms with Gasteiger partial charge in [-0.2, -0.15) is 0 Å². The Morgan fingerprint density at radius 2 is 2.27 bits per heavy atom. The van der Waals surface area contributed by atoms with Crippen molar-refractivity contribution in [1.29, 1.82) is 0 Å². The van der Waals surface area contributed by atoms with Crippen LogP contribution in [0.5, 0.6) is 0 Å². The van der Waals surface area contributed by atoms with E-state index in [-0.39, 0.29) is 12.1 Å². The summed E-state index contributed by atoms with van der Waals surface area (Å²) in [6.45, 7) is 0.484. The Morgan fingerprint density at radius 1 is 1.40 bits per heavy atom. The smallest absolute Gasteiger partial charge is 0.407 e. The number of aryl methyl sites for hydroxylation is 2. The third-order valence-corrected chi connectivity index (χ3v) is 4.38. The van der Waals surface area contributed by atoms with Crippen LogP contribution in [0.4, 0.5) is 4.79 Å². The molecule has 2 aliphatic rings. The number of alkyl carbamates (subject to hydrolysis) is 1. The van der Waals surface area contributed by atoms with Gasteiger partial charge in [0.1, 0.15) is 12.6 Å². The van der Waals surface area contributed by atoms with E-state index < -0.39 is 0 Å². The van der Waals surface area contributed by atoms with Crippen molar-refractivity contribution in [1.82, 2.24) is 5.32 Å². The maximum atomic E-state index is 10.9. The van der Waals surface area contributed by atoms with Gasteiger partial charge in [0.25, 0.3) is 0 Å². The first-order chi connectivity index (χ1) is 7.33. The maximum Gasteiger partial charge on any atom is 0.407 e. The van der Waals surface area contributed by atoms with Crippen molar-refractivity contribution >= 4 is 17.4 Å². The molecule has 0 spiro atoms. The predicted molar refractivity (Wildman–Crippen MR) is 58.2 cm³/mol. The highest BCUT2D eigenvalue weighted by atomic mass is 32.1. The third-order valence-electron chi connectivity index (χ3n) is 3.03. The summed E-state index contributed by atoms with van der Waals surface area (Å²) in [5.74, 6) is 0. The molecule has 15 heavy (non-hydrogen) atoms. The van der Waals surface area contributed by atoms with Crippen LogP contribution in [0.1, 0.15) is 34.2 Å². The Morgan fingerprint density at radius 3 is 3.00 bits per heavy atom. The lowest BCUT2D eigenvalue weighted by Gasteiger charge is -2.08. The number of carbonyl (C=O) groups is 1. The number of hydrogen-bond donors (Lipinski definition) is 1. The van der Waals surface area contributed by atoms with E-state index in [1.54, 1.807) is 0 Å². The molecule has 1 aromatic rings. The molecule has 1 atom stereocenters. The Bertz CT molecular complexity index is 376. The summed E-state index contributed by atoms with van der Waals surface area (Å²) in [4.78, 5) is 13.7. The van der Waals surface area contributed by atoms with E-state index in [1.165, 1.54) is 41.0 Å². The van der Waals surface area contributed by atoms with Crippen LogP contribution in [-0.2, 0) is 17.6 Å². The van der Waals surface area contributed by atoms with Gasteiger partial charge >= 0.3 is 6.09 Å². The van der Waals surface area contributed by atoms with Crippen molar-refractivity contribution < 1.29 is 9.53 Å². The molecule has 1 aliphatic heterocycles. The van der Waals surface area contributed by atoms with Crippen LogP contribution in [0, 0.1) is 0 Å². The van der Waals surface area contributed by atoms with Crippen LogP contribution < -0.4 is 5.32 Å². The number of nitrogens with one attached hydrogen (secondary N) is 1. The number of amides is 1. The average Bonchev–Trinajstić information content (AvgIpc) is 2.82. The molecule has 0 saturated carbocycles. The fourth-order valence-corrected chi connectivity index (χ4v) is 3.52. The topological polar surface area (TPSA) is 38.3 Å². The summed E-state index contributed by atoms with van der Waals surface area (Å²) < 4.78 is 4.91. The van der Waals surface area contributed by atoms with E-state index in [1.807, 2.05) is 11.3 Å². The molecule has 4 heteroatoms. The number of hydrogen-bond acceptors (Lipinski definition) is 3. The van der Waals surface area contributed by atoms with Gasteiger partial charge in [-0.15, -0.1) is 11.3 Å². The normalized spacial score (nSPS) is 24.5. The molecular weight excluding hydrogens is 210 g/mol. The molecule has 1 aliphatic carbocycles. The molecule has 1 unspecified atom stereocenters. The summed E-state index contributed by atoms with van der Waals surface area (Å²) in [5, 5.41) is 2.83. The van der Waals surface area contributed by atoms with E-state index >= 15 is 0 Å². The van der Waals surface area contributed by atoms with Crippen molar-refractivity contribution in [3.8, 4) is 0 Å². The minimum atomic E-state index is -0.286. The first kappa shape index (κ1) is 9.21. The van der Waals surface area contributed by atoms with E-state index in [0.29, 0.717) is 6.61 Å². The maximum absolute atomic E-state index is 10.9. The minimum absolute atomic E-state index is 0.0908. The quantitative estimate of drug-likeness (QED) is 0.794. The zero-order valence-electron chi connectivity index (χ0n) is 8.41. The third kappa shape index (κ3) is 1.63. The van der Waals surface area contributed by atoms with Crippen LogP contribution in [0.2, 0.25) is 0 Å². The van der Waals surface area contributed by atoms with Crippen LogP contribution in [0.15, 0.2) is 6.07 Å². The van der Waals surface area contributed by atoms with Gasteiger partial charge in [-0.1, -0.05) is 0 Å². The summed E-state index contributed by atoms with van der Waals surface area (Å²) in [5.41, 5.74) is 1.49. The first-order valence-corrected chi connectivity index (χ1v) is 6.19. The highest BCUT2D eigenvalue weighted by Crippen LogP contribution is 2.33. The number of fused-ring (bicyclic) bond motifs is 1. The summed E-state index contributed by atoms with van der Waals surface area (Å²) >= 11 is 1.84. The van der Waals surface area contributed by atoms with Gasteiger partial charge in [0, 0.05) is 9.75 Å². The molecule has 1 saturated heterocycles. The van der Waals surface area contributed by atoms with Crippen molar-refractivity contribution in [3.63, 3.8) is 0 Å². The van der Waals surface area contributed by atoms with Crippen molar-refractivity contribution in [2.45, 2.75) is 31.7 Å². The Kier molecular flexibility index (Phi) is 2.16. The van der Waals surface area contributed by atoms with Gasteiger partial charge in [-0.3, -0.25) is 0 Å². The van der Waals surface area contributed by atoms with Gasteiger partial charge in [-0.05, 0) is 37.3 Å². The van der Waals surface area contributed by atoms with Gasteiger partial charge < -0.3 is 10.1 Å². The van der Waals surface area contributed by atoms with Gasteiger partial charge in [0.05, 0.1) is 0 Å². The van der Waals surface area contributed by atoms with E-state index in [4.69, 9.17) is 4.74 Å². The summed E-state index contributed by atoms with van der Waals surface area (Å²) in [6, 6.07) is 2.34. The molecule has 0 bridgehead atoms. The van der Waals surface area contributed by atoms with Crippen LogP contribution >= 0.6 is 11.3 Å². The van der Waals surface area contributed by atoms with E-state index in [2.05, 4.69) is 11.4 Å². The van der Waals surface area contributed by atoms with E-state index in [0.717, 1.165) is 0 Å². The summed E-state index contributed by atoms with van der Waals surface area (Å²) in [6.07, 6.45) is 4.73. The molecule has 1 fully saturated rings. The molecule has 3 rings (SSSR count). The first-order valence-electron chi connectivity index (χ1n) is 5.38. The monoisotopic (exact) mass is 223 g/mol. The highest BCUT2D eigenvalue weighted by Gasteiger charge is 2.26. The molecule has 0 aromatic carbocycles. The molecule has 3 nitrogen and oxygen atoms in total. The number of thiophene rings is 1. The van der Waals surface area contributed by atoms with Gasteiger partial charge in [0.2, 0.25) is 0 Å². The Hall–Kier alpha value is -1.03. The van der Waals surface area contributed by atoms with Crippen molar-refractivity contribution in [2.75, 3.05) is 6.61 Å². The van der Waals surface area contributed by atoms with E-state index in [9.17, 15) is 4.79 Å². The Labute approximate surface area is 92.4 Å². The predicted octanol–water partition coefficient (Wildman–Crippen LogP) is 2.41. The Balaban J connectivity index is 1.86. The molecule has 1 amide bonds. The van der Waals surface area contributed by atoms with Gasteiger partial charge in [0.15, 0.2) is 0 Å². The fourth-order valence-electron chi connectivity index (χ4n) is 2.22. The van der Waals surface area contributed by atoms with Crippen LogP contribution in [0.3, 0.4) is 0 Å². The van der Waals surface area contributed by atoms with Crippen molar-refractivity contribution in [2.24, 2.45) is 0 Å². The lowest BCUT2D eigenvalue weighted by atomic mass is 9.99. The largest absolute Gasteiger partial charge is 0.447 e. The second kappa shape index (κ2) is 3.52. The number of rotatable bonds is 1. The lowest BCUT2D eigenvalue weighted by molar-refractivity contribution is 0.177. The lowest BCUT2D eigenvalue weighted by Crippen LogP contribution is -2.17. The molecular formula is C11H13NO2S. The second-order valence-corrected chi connectivity index (χ2v) is 5.27.